The Kier molecular flexibility index (Phi) is 4.80. The van der Waals surface area contributed by atoms with Gasteiger partial charge in [-0.25, -0.2) is 0 Å². The predicted molar refractivity (Wildman–Crippen MR) is 75.0 cm³/mol. The minimum atomic E-state index is -0.379. The highest BCUT2D eigenvalue weighted by Crippen LogP contribution is 2.21. The van der Waals surface area contributed by atoms with Crippen molar-refractivity contribution in [3.05, 3.63) is 34.9 Å². The summed E-state index contributed by atoms with van der Waals surface area (Å²) in [4.78, 5) is 12.1. The second-order valence-corrected chi connectivity index (χ2v) is 5.28. The third kappa shape index (κ3) is 3.69. The van der Waals surface area contributed by atoms with Crippen molar-refractivity contribution in [1.82, 2.24) is 5.32 Å². The molecule has 1 saturated heterocycles. The molecule has 3 N–H and O–H groups in total. The summed E-state index contributed by atoms with van der Waals surface area (Å²) < 4.78 is 5.57. The number of nitrogens with one attached hydrogen (secondary N) is 1. The molecule has 0 saturated carbocycles. The number of nitrogens with two attached hydrogens (primary N) is 1. The number of hydrogen-bond acceptors (Lipinski definition) is 3. The third-order valence-corrected chi connectivity index (χ3v) is 3.61. The predicted octanol–water partition coefficient (Wildman–Crippen LogP) is 2.02. The number of hydrogen-bond donors (Lipinski definition) is 2. The van der Waals surface area contributed by atoms with E-state index in [9.17, 15) is 4.79 Å². The molecule has 0 aromatic heterocycles. The number of benzene rings is 1. The van der Waals surface area contributed by atoms with E-state index in [0.717, 1.165) is 18.4 Å². The van der Waals surface area contributed by atoms with E-state index >= 15 is 0 Å². The Morgan fingerprint density at radius 1 is 1.58 bits per heavy atom. The Morgan fingerprint density at radius 2 is 2.37 bits per heavy atom. The molecule has 0 bridgehead atoms. The van der Waals surface area contributed by atoms with Crippen molar-refractivity contribution >= 4 is 17.5 Å². The summed E-state index contributed by atoms with van der Waals surface area (Å²) in [6.45, 7) is 2.40. The monoisotopic (exact) mass is 282 g/mol. The quantitative estimate of drug-likeness (QED) is 0.888. The Balaban J connectivity index is 1.92. The summed E-state index contributed by atoms with van der Waals surface area (Å²) in [7, 11) is 0. The molecule has 0 spiro atoms. The van der Waals surface area contributed by atoms with Crippen LogP contribution in [0.1, 0.15) is 31.4 Å². The topological polar surface area (TPSA) is 64.4 Å². The van der Waals surface area contributed by atoms with Gasteiger partial charge in [0.05, 0.1) is 12.1 Å². The lowest BCUT2D eigenvalue weighted by Crippen LogP contribution is -2.36. The van der Waals surface area contributed by atoms with Crippen LogP contribution in [0.4, 0.5) is 0 Å². The van der Waals surface area contributed by atoms with Gasteiger partial charge in [0.2, 0.25) is 5.91 Å². The van der Waals surface area contributed by atoms with Crippen molar-refractivity contribution in [2.75, 3.05) is 6.54 Å². The van der Waals surface area contributed by atoms with Crippen molar-refractivity contribution in [2.24, 2.45) is 5.73 Å². The van der Waals surface area contributed by atoms with E-state index in [1.165, 1.54) is 0 Å². The summed E-state index contributed by atoms with van der Waals surface area (Å²) >= 11 is 5.94. The first-order chi connectivity index (χ1) is 9.10. The zero-order valence-electron chi connectivity index (χ0n) is 10.9. The van der Waals surface area contributed by atoms with Crippen LogP contribution in [0.3, 0.4) is 0 Å². The van der Waals surface area contributed by atoms with Crippen molar-refractivity contribution in [2.45, 2.75) is 38.0 Å². The Labute approximate surface area is 118 Å². The number of rotatable bonds is 4. The van der Waals surface area contributed by atoms with Gasteiger partial charge in [-0.15, -0.1) is 0 Å². The van der Waals surface area contributed by atoms with Crippen LogP contribution in [-0.4, -0.2) is 24.7 Å². The minimum Gasteiger partial charge on any atom is -0.364 e. The average molecular weight is 283 g/mol. The maximum absolute atomic E-state index is 12.1. The number of carbonyl (C=O) groups is 1. The van der Waals surface area contributed by atoms with Crippen LogP contribution in [0.2, 0.25) is 5.02 Å². The molecule has 1 aliphatic heterocycles. The number of ether oxygens (including phenoxy) is 1. The molecule has 2 rings (SSSR count). The minimum absolute atomic E-state index is 0.0113. The first kappa shape index (κ1) is 14.3. The van der Waals surface area contributed by atoms with Crippen LogP contribution in [0.5, 0.6) is 0 Å². The van der Waals surface area contributed by atoms with Gasteiger partial charge in [-0.05, 0) is 37.5 Å². The second-order valence-electron chi connectivity index (χ2n) is 4.85. The number of halogens is 1. The fraction of sp³-hybridized carbons (Fsp3) is 0.500. The van der Waals surface area contributed by atoms with Crippen molar-refractivity contribution < 1.29 is 9.53 Å². The normalized spacial score (nSPS) is 24.2. The molecule has 0 aliphatic carbocycles. The molecule has 1 heterocycles. The molecular weight excluding hydrogens is 264 g/mol. The van der Waals surface area contributed by atoms with Crippen LogP contribution < -0.4 is 11.1 Å². The molecule has 19 heavy (non-hydrogen) atoms. The van der Waals surface area contributed by atoms with Crippen LogP contribution in [0.25, 0.3) is 0 Å². The molecule has 1 fully saturated rings. The van der Waals surface area contributed by atoms with Gasteiger partial charge in [-0.1, -0.05) is 23.7 Å². The lowest BCUT2D eigenvalue weighted by Gasteiger charge is -2.18. The summed E-state index contributed by atoms with van der Waals surface area (Å²) in [6.07, 6.45) is 1.21. The fourth-order valence-corrected chi connectivity index (χ4v) is 2.44. The molecule has 1 aromatic rings. The second kappa shape index (κ2) is 6.37. The lowest BCUT2D eigenvalue weighted by molar-refractivity contribution is -0.132. The largest absolute Gasteiger partial charge is 0.364 e. The number of amides is 1. The van der Waals surface area contributed by atoms with E-state index in [1.807, 2.05) is 31.2 Å². The van der Waals surface area contributed by atoms with Gasteiger partial charge in [0.15, 0.2) is 0 Å². The maximum Gasteiger partial charge on any atom is 0.249 e. The first-order valence-electron chi connectivity index (χ1n) is 6.51. The molecule has 1 unspecified atom stereocenters. The molecule has 3 atom stereocenters. The standard InChI is InChI=1S/C14H19ClN2O2/c1-9(10-3-2-4-11(15)7-10)17-14(18)13-6-5-12(8-16)19-13/h2-4,7,9,12-13H,5-6,8,16H2,1H3,(H,17,18)/t9?,12-,13+/m1/s1. The van der Waals surface area contributed by atoms with Crippen LogP contribution in [0, 0.1) is 0 Å². The summed E-state index contributed by atoms with van der Waals surface area (Å²) in [5.41, 5.74) is 6.51. The van der Waals surface area contributed by atoms with Crippen molar-refractivity contribution in [3.63, 3.8) is 0 Å². The van der Waals surface area contributed by atoms with E-state index in [4.69, 9.17) is 22.1 Å². The maximum atomic E-state index is 12.1. The van der Waals surface area contributed by atoms with Gasteiger partial charge >= 0.3 is 0 Å². The Bertz CT molecular complexity index is 453. The van der Waals surface area contributed by atoms with E-state index in [-0.39, 0.29) is 24.2 Å². The summed E-state index contributed by atoms with van der Waals surface area (Å²) in [6, 6.07) is 7.38. The van der Waals surface area contributed by atoms with E-state index in [2.05, 4.69) is 5.32 Å². The highest BCUT2D eigenvalue weighted by molar-refractivity contribution is 6.30. The molecule has 5 heteroatoms. The SMILES string of the molecule is CC(NC(=O)[C@@H]1CC[C@H](CN)O1)c1cccc(Cl)c1. The summed E-state index contributed by atoms with van der Waals surface area (Å²) in [5.74, 6) is -0.0802. The highest BCUT2D eigenvalue weighted by Gasteiger charge is 2.30. The molecule has 1 aliphatic rings. The van der Waals surface area contributed by atoms with Gasteiger partial charge in [0, 0.05) is 11.6 Å². The smallest absolute Gasteiger partial charge is 0.249 e. The van der Waals surface area contributed by atoms with E-state index in [1.54, 1.807) is 0 Å². The van der Waals surface area contributed by atoms with Gasteiger partial charge in [0.25, 0.3) is 0 Å². The molecule has 0 radical (unpaired) electrons. The van der Waals surface area contributed by atoms with Crippen molar-refractivity contribution in [1.29, 1.82) is 0 Å². The molecule has 1 aromatic carbocycles. The molecular formula is C14H19ClN2O2. The molecule has 104 valence electrons. The van der Waals surface area contributed by atoms with E-state index in [0.29, 0.717) is 11.6 Å². The van der Waals surface area contributed by atoms with Crippen LogP contribution in [0.15, 0.2) is 24.3 Å². The zero-order chi connectivity index (χ0) is 13.8. The zero-order valence-corrected chi connectivity index (χ0v) is 11.7. The van der Waals surface area contributed by atoms with Gasteiger partial charge in [0.1, 0.15) is 6.10 Å². The van der Waals surface area contributed by atoms with Crippen LogP contribution >= 0.6 is 11.6 Å². The van der Waals surface area contributed by atoms with Gasteiger partial charge < -0.3 is 15.8 Å². The van der Waals surface area contributed by atoms with Crippen LogP contribution in [-0.2, 0) is 9.53 Å². The Hall–Kier alpha value is -1.10. The Morgan fingerprint density at radius 3 is 3.00 bits per heavy atom. The molecule has 4 nitrogen and oxygen atoms in total. The van der Waals surface area contributed by atoms with Crippen molar-refractivity contribution in [3.8, 4) is 0 Å². The summed E-state index contributed by atoms with van der Waals surface area (Å²) in [5, 5.41) is 3.61. The molecule has 1 amide bonds. The van der Waals surface area contributed by atoms with Gasteiger partial charge in [-0.3, -0.25) is 4.79 Å². The third-order valence-electron chi connectivity index (χ3n) is 3.37. The lowest BCUT2D eigenvalue weighted by atomic mass is 10.1. The van der Waals surface area contributed by atoms with E-state index < -0.39 is 0 Å². The fourth-order valence-electron chi connectivity index (χ4n) is 2.24. The van der Waals surface area contributed by atoms with Gasteiger partial charge in [-0.2, -0.15) is 0 Å². The average Bonchev–Trinajstić information content (AvgIpc) is 2.87. The number of carbonyl (C=O) groups excluding carboxylic acids is 1. The highest BCUT2D eigenvalue weighted by atomic mass is 35.5. The first-order valence-corrected chi connectivity index (χ1v) is 6.89.